The maximum atomic E-state index is 13.4. The minimum absolute atomic E-state index is 0.153. The largest absolute Gasteiger partial charge is 0.393 e. The Morgan fingerprint density at radius 3 is 2.43 bits per heavy atom. The van der Waals surface area contributed by atoms with E-state index in [0.717, 1.165) is 5.56 Å². The van der Waals surface area contributed by atoms with Crippen LogP contribution < -0.4 is 11.1 Å². The lowest BCUT2D eigenvalue weighted by Crippen LogP contribution is -2.23. The number of benzene rings is 2. The first kappa shape index (κ1) is 15.1. The number of nitrogens with one attached hydrogen (secondary N) is 1. The van der Waals surface area contributed by atoms with Gasteiger partial charge in [-0.3, -0.25) is 4.79 Å². The van der Waals surface area contributed by atoms with Gasteiger partial charge in [-0.1, -0.05) is 42.5 Å². The molecule has 0 unspecified atom stereocenters. The maximum absolute atomic E-state index is 13.4. The molecule has 21 heavy (non-hydrogen) atoms. The lowest BCUT2D eigenvalue weighted by molar-refractivity contribution is 0.0950. The third-order valence-electron chi connectivity index (χ3n) is 2.99. The molecule has 2 rings (SSSR count). The molecule has 3 nitrogen and oxygen atoms in total. The van der Waals surface area contributed by atoms with Gasteiger partial charge in [0.2, 0.25) is 0 Å². The van der Waals surface area contributed by atoms with E-state index < -0.39 is 0 Å². The SMILES string of the molecule is NC(=S)Cc1ccc(C(=O)NCc2ccccc2F)cc1. The number of rotatable bonds is 5. The van der Waals surface area contributed by atoms with Crippen molar-refractivity contribution in [1.29, 1.82) is 0 Å². The van der Waals surface area contributed by atoms with Crippen molar-refractivity contribution >= 4 is 23.1 Å². The van der Waals surface area contributed by atoms with Crippen LogP contribution in [-0.4, -0.2) is 10.9 Å². The smallest absolute Gasteiger partial charge is 0.251 e. The highest BCUT2D eigenvalue weighted by Crippen LogP contribution is 2.08. The molecule has 0 aliphatic rings. The highest BCUT2D eigenvalue weighted by Gasteiger charge is 2.07. The van der Waals surface area contributed by atoms with Crippen molar-refractivity contribution in [2.75, 3.05) is 0 Å². The number of hydrogen-bond acceptors (Lipinski definition) is 2. The van der Waals surface area contributed by atoms with Crippen LogP contribution in [-0.2, 0) is 13.0 Å². The van der Waals surface area contributed by atoms with E-state index >= 15 is 0 Å². The summed E-state index contributed by atoms with van der Waals surface area (Å²) < 4.78 is 13.4. The molecule has 0 radical (unpaired) electrons. The van der Waals surface area contributed by atoms with Crippen molar-refractivity contribution in [2.24, 2.45) is 5.73 Å². The Morgan fingerprint density at radius 2 is 1.81 bits per heavy atom. The summed E-state index contributed by atoms with van der Waals surface area (Å²) in [5.74, 6) is -0.579. The van der Waals surface area contributed by atoms with Gasteiger partial charge in [0.1, 0.15) is 5.82 Å². The number of carbonyl (C=O) groups is 1. The van der Waals surface area contributed by atoms with Gasteiger partial charge < -0.3 is 11.1 Å². The fraction of sp³-hybridized carbons (Fsp3) is 0.125. The number of nitrogens with two attached hydrogens (primary N) is 1. The second kappa shape index (κ2) is 6.95. The molecule has 0 saturated heterocycles. The van der Waals surface area contributed by atoms with E-state index in [1.54, 1.807) is 42.5 Å². The molecular formula is C16H15FN2OS. The molecule has 0 atom stereocenters. The molecular weight excluding hydrogens is 287 g/mol. The van der Waals surface area contributed by atoms with E-state index in [9.17, 15) is 9.18 Å². The fourth-order valence-corrected chi connectivity index (χ4v) is 2.06. The van der Waals surface area contributed by atoms with Crippen molar-refractivity contribution in [1.82, 2.24) is 5.32 Å². The Morgan fingerprint density at radius 1 is 1.14 bits per heavy atom. The van der Waals surface area contributed by atoms with E-state index in [4.69, 9.17) is 18.0 Å². The summed E-state index contributed by atoms with van der Waals surface area (Å²) in [4.78, 5) is 12.4. The van der Waals surface area contributed by atoms with Gasteiger partial charge >= 0.3 is 0 Å². The van der Waals surface area contributed by atoms with Crippen molar-refractivity contribution in [3.05, 3.63) is 71.0 Å². The van der Waals surface area contributed by atoms with Gasteiger partial charge in [-0.2, -0.15) is 0 Å². The zero-order chi connectivity index (χ0) is 15.2. The molecule has 108 valence electrons. The van der Waals surface area contributed by atoms with Crippen LogP contribution in [0.1, 0.15) is 21.5 Å². The number of amides is 1. The minimum atomic E-state index is -0.329. The first-order chi connectivity index (χ1) is 10.1. The predicted octanol–water partition coefficient (Wildman–Crippen LogP) is 2.58. The van der Waals surface area contributed by atoms with E-state index in [1.165, 1.54) is 6.07 Å². The molecule has 0 fully saturated rings. The molecule has 2 aromatic rings. The summed E-state index contributed by atoms with van der Waals surface area (Å²) >= 11 is 4.83. The first-order valence-electron chi connectivity index (χ1n) is 6.45. The second-order valence-corrected chi connectivity index (χ2v) is 5.14. The Labute approximate surface area is 128 Å². The highest BCUT2D eigenvalue weighted by molar-refractivity contribution is 7.80. The lowest BCUT2D eigenvalue weighted by Gasteiger charge is -2.07. The van der Waals surface area contributed by atoms with Crippen LogP contribution in [0.5, 0.6) is 0 Å². The molecule has 1 amide bonds. The highest BCUT2D eigenvalue weighted by atomic mass is 32.1. The van der Waals surface area contributed by atoms with Crippen LogP contribution >= 0.6 is 12.2 Å². The van der Waals surface area contributed by atoms with Gasteiger partial charge in [-0.15, -0.1) is 0 Å². The molecule has 3 N–H and O–H groups in total. The van der Waals surface area contributed by atoms with Crippen molar-refractivity contribution in [3.8, 4) is 0 Å². The van der Waals surface area contributed by atoms with Crippen molar-refractivity contribution in [2.45, 2.75) is 13.0 Å². The predicted molar refractivity (Wildman–Crippen MR) is 84.5 cm³/mol. The van der Waals surface area contributed by atoms with E-state index in [2.05, 4.69) is 5.32 Å². The normalized spacial score (nSPS) is 10.1. The Hall–Kier alpha value is -2.27. The van der Waals surface area contributed by atoms with Crippen LogP contribution in [0.2, 0.25) is 0 Å². The van der Waals surface area contributed by atoms with Crippen molar-refractivity contribution in [3.63, 3.8) is 0 Å². The summed E-state index contributed by atoms with van der Waals surface area (Å²) in [6, 6.07) is 13.4. The van der Waals surface area contributed by atoms with E-state index in [-0.39, 0.29) is 18.3 Å². The average Bonchev–Trinajstić information content (AvgIpc) is 2.46. The standard InChI is InChI=1S/C16H15FN2OS/c17-14-4-2-1-3-13(14)10-19-16(20)12-7-5-11(6-8-12)9-15(18)21/h1-8H,9-10H2,(H2,18,21)(H,19,20). The second-order valence-electron chi connectivity index (χ2n) is 4.61. The zero-order valence-electron chi connectivity index (χ0n) is 11.3. The summed E-state index contributed by atoms with van der Waals surface area (Å²) in [6.07, 6.45) is 0.506. The van der Waals surface area contributed by atoms with Crippen LogP contribution in [0.3, 0.4) is 0 Å². The number of hydrogen-bond donors (Lipinski definition) is 2. The molecule has 5 heteroatoms. The van der Waals surface area contributed by atoms with Crippen LogP contribution in [0, 0.1) is 5.82 Å². The van der Waals surface area contributed by atoms with Gasteiger partial charge in [-0.05, 0) is 23.8 Å². The van der Waals surface area contributed by atoms with E-state index in [1.807, 2.05) is 0 Å². The van der Waals surface area contributed by atoms with Gasteiger partial charge in [0.05, 0.1) is 4.99 Å². The first-order valence-corrected chi connectivity index (χ1v) is 6.86. The van der Waals surface area contributed by atoms with Gasteiger partial charge in [0.25, 0.3) is 5.91 Å². The molecule has 0 heterocycles. The Bertz CT molecular complexity index is 656. The monoisotopic (exact) mass is 302 g/mol. The third kappa shape index (κ3) is 4.36. The Kier molecular flexibility index (Phi) is 5.00. The Balaban J connectivity index is 1.97. The quantitative estimate of drug-likeness (QED) is 0.835. The average molecular weight is 302 g/mol. The lowest BCUT2D eigenvalue weighted by atomic mass is 10.1. The minimum Gasteiger partial charge on any atom is -0.393 e. The number of halogens is 1. The summed E-state index contributed by atoms with van der Waals surface area (Å²) in [6.45, 7) is 0.153. The topological polar surface area (TPSA) is 55.1 Å². The molecule has 2 aromatic carbocycles. The number of thiocarbonyl (C=S) groups is 1. The molecule has 0 aromatic heterocycles. The van der Waals surface area contributed by atoms with Crippen LogP contribution in [0.15, 0.2) is 48.5 Å². The van der Waals surface area contributed by atoms with Gasteiger partial charge in [0.15, 0.2) is 0 Å². The summed E-state index contributed by atoms with van der Waals surface area (Å²) in [5, 5.41) is 2.69. The van der Waals surface area contributed by atoms with Crippen molar-refractivity contribution < 1.29 is 9.18 Å². The molecule has 0 aliphatic heterocycles. The fourth-order valence-electron chi connectivity index (χ4n) is 1.89. The molecule has 0 saturated carbocycles. The number of carbonyl (C=O) groups excluding carboxylic acids is 1. The third-order valence-corrected chi connectivity index (χ3v) is 3.14. The van der Waals surface area contributed by atoms with Gasteiger partial charge in [-0.25, -0.2) is 4.39 Å². The molecule has 0 aliphatic carbocycles. The van der Waals surface area contributed by atoms with Crippen LogP contribution in [0.4, 0.5) is 4.39 Å². The van der Waals surface area contributed by atoms with E-state index in [0.29, 0.717) is 22.5 Å². The van der Waals surface area contributed by atoms with Gasteiger partial charge in [0, 0.05) is 24.1 Å². The van der Waals surface area contributed by atoms with Crippen LogP contribution in [0.25, 0.3) is 0 Å². The summed E-state index contributed by atoms with van der Waals surface area (Å²) in [7, 11) is 0. The zero-order valence-corrected chi connectivity index (χ0v) is 12.1. The maximum Gasteiger partial charge on any atom is 0.251 e. The molecule has 0 spiro atoms. The summed E-state index contributed by atoms with van der Waals surface area (Å²) in [5.41, 5.74) is 7.38. The molecule has 0 bridgehead atoms.